The van der Waals surface area contributed by atoms with Crippen LogP contribution in [0.15, 0.2) is 23.7 Å². The average Bonchev–Trinajstić information content (AvgIpc) is 3.35. The normalized spacial score (nSPS) is 41.6. The third kappa shape index (κ3) is 18.2. The zero-order chi connectivity index (χ0) is 57.1. The molecule has 4 heterocycles. The number of carbonyl (C=O) groups excluding carboxylic acids is 1. The highest BCUT2D eigenvalue weighted by molar-refractivity contribution is 6.74. The number of aldehydes is 1. The molecular weight excluding hydrogens is 1010 g/mol. The minimum atomic E-state index is -1.86. The Kier molecular flexibility index (Phi) is 27.6. The monoisotopic (exact) mass is 1120 g/mol. The Bertz CT molecular complexity index is 1800. The second-order valence-electron chi connectivity index (χ2n) is 24.6. The number of nitrogens with two attached hydrogens (primary N) is 1. The van der Waals surface area contributed by atoms with Crippen molar-refractivity contribution >= 4 is 14.6 Å². The molecule has 0 radical (unpaired) electrons. The van der Waals surface area contributed by atoms with Gasteiger partial charge in [0.1, 0.15) is 48.0 Å². The van der Waals surface area contributed by atoms with Gasteiger partial charge in [0.2, 0.25) is 12.6 Å². The summed E-state index contributed by atoms with van der Waals surface area (Å²) in [6, 6.07) is -1.74. The summed E-state index contributed by atoms with van der Waals surface area (Å²) in [5.41, 5.74) is 3.83. The number of carbonyl (C=O) groups is 1. The van der Waals surface area contributed by atoms with Gasteiger partial charge in [0, 0.05) is 43.7 Å². The Balaban J connectivity index is 0.000000386. The van der Waals surface area contributed by atoms with E-state index < -0.39 is 112 Å². The van der Waals surface area contributed by atoms with E-state index in [1.807, 2.05) is 20.8 Å². The van der Waals surface area contributed by atoms with Gasteiger partial charge in [0.25, 0.3) is 0 Å². The van der Waals surface area contributed by atoms with E-state index in [0.29, 0.717) is 19.4 Å². The summed E-state index contributed by atoms with van der Waals surface area (Å²) >= 11 is 0. The number of hydrogen-bond donors (Lipinski definition) is 9. The number of ether oxygens (including phenoxy) is 8. The van der Waals surface area contributed by atoms with E-state index >= 15 is 0 Å². The molecule has 19 nitrogen and oxygen atoms in total. The van der Waals surface area contributed by atoms with Crippen LogP contribution in [-0.2, 0) is 47.1 Å². The van der Waals surface area contributed by atoms with E-state index in [1.54, 1.807) is 27.9 Å². The summed E-state index contributed by atoms with van der Waals surface area (Å²) in [6.45, 7) is 29.3. The van der Waals surface area contributed by atoms with Crippen LogP contribution in [0.3, 0.4) is 0 Å². The summed E-state index contributed by atoms with van der Waals surface area (Å²) in [4.78, 5) is 9.17. The lowest BCUT2D eigenvalue weighted by atomic mass is 9.74. The molecule has 0 aromatic heterocycles. The number of aliphatic hydroxyl groups is 6. The summed E-state index contributed by atoms with van der Waals surface area (Å²) in [5.74, 6) is 2.23. The zero-order valence-corrected chi connectivity index (χ0v) is 50.1. The molecule has 0 spiro atoms. The number of allylic oxidation sites excluding steroid dienone is 4. The molecule has 22 atom stereocenters. The van der Waals surface area contributed by atoms with Crippen molar-refractivity contribution < 1.29 is 77.8 Å². The van der Waals surface area contributed by atoms with Gasteiger partial charge in [-0.2, -0.15) is 0 Å². The highest BCUT2D eigenvalue weighted by Crippen LogP contribution is 2.42. The van der Waals surface area contributed by atoms with Crippen molar-refractivity contribution in [3.63, 3.8) is 0 Å². The van der Waals surface area contributed by atoms with E-state index in [9.17, 15) is 35.4 Å². The lowest BCUT2D eigenvalue weighted by Gasteiger charge is -2.49. The lowest BCUT2D eigenvalue weighted by Crippen LogP contribution is -2.67. The van der Waals surface area contributed by atoms with E-state index in [4.69, 9.17) is 48.1 Å². The molecule has 2 saturated carbocycles. The van der Waals surface area contributed by atoms with E-state index in [-0.39, 0.29) is 55.3 Å². The van der Waals surface area contributed by atoms with Crippen molar-refractivity contribution in [2.75, 3.05) is 33.9 Å². The molecule has 2 aliphatic carbocycles. The van der Waals surface area contributed by atoms with Gasteiger partial charge in [-0.15, -0.1) is 0 Å². The Hall–Kier alpha value is -1.67. The van der Waals surface area contributed by atoms with Crippen LogP contribution in [0.5, 0.6) is 0 Å². The molecular formula is C57H109N3O16Si. The van der Waals surface area contributed by atoms with Crippen LogP contribution in [0.2, 0.25) is 18.1 Å². The maximum atomic E-state index is 11.8. The first kappa shape index (κ1) is 69.6. The van der Waals surface area contributed by atoms with Gasteiger partial charge in [-0.1, -0.05) is 76.7 Å². The minimum absolute atomic E-state index is 0. The van der Waals surface area contributed by atoms with Crippen molar-refractivity contribution in [1.82, 2.24) is 10.6 Å². The molecule has 20 heteroatoms. The molecule has 452 valence electrons. The molecule has 10 N–H and O–H groups in total. The smallest absolute Gasteiger partial charge is 0.202 e. The van der Waals surface area contributed by atoms with Crippen LogP contribution < -0.4 is 16.4 Å². The van der Waals surface area contributed by atoms with Gasteiger partial charge in [0.15, 0.2) is 20.9 Å². The van der Waals surface area contributed by atoms with Crippen LogP contribution in [0, 0.1) is 29.6 Å². The first-order chi connectivity index (χ1) is 35.5. The second kappa shape index (κ2) is 30.6. The van der Waals surface area contributed by atoms with E-state index in [2.05, 4.69) is 84.3 Å². The summed E-state index contributed by atoms with van der Waals surface area (Å²) < 4.78 is 55.2. The first-order valence-corrected chi connectivity index (χ1v) is 31.3. The highest BCUT2D eigenvalue weighted by atomic mass is 28.4. The molecule has 4 fully saturated rings. The number of nitrogens with one attached hydrogen (secondary N) is 2. The molecule has 0 bridgehead atoms. The van der Waals surface area contributed by atoms with E-state index in [1.165, 1.54) is 0 Å². The third-order valence-corrected chi connectivity index (χ3v) is 21.4. The fraction of sp³-hybridized carbons (Fsp3) is 0.912. The van der Waals surface area contributed by atoms with Crippen molar-refractivity contribution in [1.29, 1.82) is 0 Å². The molecule has 0 aromatic carbocycles. The quantitative estimate of drug-likeness (QED) is 0.0449. The fourth-order valence-corrected chi connectivity index (χ4v) is 12.1. The molecule has 77 heavy (non-hydrogen) atoms. The predicted molar refractivity (Wildman–Crippen MR) is 298 cm³/mol. The van der Waals surface area contributed by atoms with Crippen molar-refractivity contribution in [2.45, 2.75) is 270 Å². The van der Waals surface area contributed by atoms with Gasteiger partial charge in [-0.05, 0) is 115 Å². The maximum absolute atomic E-state index is 11.8. The highest BCUT2D eigenvalue weighted by Gasteiger charge is 2.53. The molecule has 6 rings (SSSR count). The van der Waals surface area contributed by atoms with Gasteiger partial charge in [-0.25, -0.2) is 0 Å². The van der Waals surface area contributed by atoms with Crippen LogP contribution >= 0.6 is 0 Å². The Morgan fingerprint density at radius 1 is 0.688 bits per heavy atom. The van der Waals surface area contributed by atoms with Crippen LogP contribution in [-0.4, -0.2) is 182 Å². The number of rotatable bonds is 18. The van der Waals surface area contributed by atoms with E-state index in [0.717, 1.165) is 62.8 Å². The third-order valence-electron chi connectivity index (χ3n) is 16.9. The zero-order valence-electron chi connectivity index (χ0n) is 49.1. The van der Waals surface area contributed by atoms with Crippen LogP contribution in [0.1, 0.15) is 148 Å². The van der Waals surface area contributed by atoms with Gasteiger partial charge in [-0.3, -0.25) is 0 Å². The van der Waals surface area contributed by atoms with Crippen molar-refractivity contribution in [3.8, 4) is 0 Å². The molecule has 0 amide bonds. The topological polar surface area (TPSA) is 272 Å². The van der Waals surface area contributed by atoms with Crippen molar-refractivity contribution in [3.05, 3.63) is 23.7 Å². The number of likely N-dealkylation sites (N-methyl/N-ethyl adjacent to an activating group) is 2. The molecule has 0 aromatic rings. The number of aliphatic hydroxyl groups excluding tert-OH is 4. The summed E-state index contributed by atoms with van der Waals surface area (Å²) in [7, 11) is 1.49. The first-order valence-electron chi connectivity index (χ1n) is 28.4. The number of hydrogen-bond acceptors (Lipinski definition) is 19. The predicted octanol–water partition coefficient (Wildman–Crippen LogP) is 5.76. The Morgan fingerprint density at radius 3 is 1.49 bits per heavy atom. The molecule has 2 unspecified atom stereocenters. The average molecular weight is 1120 g/mol. The van der Waals surface area contributed by atoms with Crippen LogP contribution in [0.25, 0.3) is 0 Å². The Morgan fingerprint density at radius 2 is 1.09 bits per heavy atom. The minimum Gasteiger partial charge on any atom is -0.469 e. The van der Waals surface area contributed by atoms with Gasteiger partial charge < -0.3 is 94.1 Å². The maximum Gasteiger partial charge on any atom is 0.202 e. The SMILES string of the molecule is C.CCC1=CC[C@@H](C)[C@@H](OC2[C@@H](C)C[C@@H](CCCO[Si](C)(C)C(C)(C)C)[C@H](O[C@H]3OC[C@](C)(O)[C@H](NC)[C@H]3O)[C@H]2O)O1.CCC1=CC[C@@H](C)[C@@H](OC2[C@@H](C)C[C@@H](N)[C@H](O[C@H]3OC[C@](C)(O)[C@H](NC)[C@H]3O)[C@H]2O)O1.CCC=O. The lowest BCUT2D eigenvalue weighted by molar-refractivity contribution is -0.312. The Labute approximate surface area is 464 Å². The summed E-state index contributed by atoms with van der Waals surface area (Å²) in [5, 5.41) is 72.0. The molecule has 2 saturated heterocycles. The van der Waals surface area contributed by atoms with Crippen LogP contribution in [0.4, 0.5) is 0 Å². The molecule has 4 aliphatic heterocycles. The van der Waals surface area contributed by atoms with Gasteiger partial charge >= 0.3 is 0 Å². The van der Waals surface area contributed by atoms with Crippen molar-refractivity contribution in [2.24, 2.45) is 35.3 Å². The second-order valence-corrected chi connectivity index (χ2v) is 29.4. The fourth-order valence-electron chi connectivity index (χ4n) is 11.0. The summed E-state index contributed by atoms with van der Waals surface area (Å²) in [6.07, 6.45) is 2.52. The standard InChI is InChI=1S/C31H59NO8Si.C22H40N2O7.C3H6O.CH4/c1-11-22-15-14-19(2)28(38-22)39-25-20(3)17-21(13-12-16-37-41(9,10)30(4,5)6)26(23(25)33)40-29-24(34)27(32-8)31(7,35)18-36-29;1-6-13-8-7-11(2)20(29-13)30-17-12(3)9-14(23)18(15(17)25)31-21-16(26)19(24-5)22(4,27)10-28-21;1-2-3-4;/h15,19-21,23-29,32-35H,11-14,16-18H2,1-10H3;8,11-12,14-21,24-27H,6-7,9-10,23H2,1-5H3;3H,2H2,1H3;1H4/t19-,20+,21-,23+,24-,25?,26+,27-,28-,29-,31+;11-,12+,14-,15+,16-,17?,18+,19-,20-,21-,22+;;/m11../s1. The molecule has 6 aliphatic rings. The van der Waals surface area contributed by atoms with Gasteiger partial charge in [0.05, 0.1) is 55.1 Å². The largest absolute Gasteiger partial charge is 0.469 e.